The van der Waals surface area contributed by atoms with Crippen molar-refractivity contribution >= 4 is 29.5 Å². The van der Waals surface area contributed by atoms with Crippen molar-refractivity contribution in [1.82, 2.24) is 19.9 Å². The summed E-state index contributed by atoms with van der Waals surface area (Å²) in [5.74, 6) is 1.01. The van der Waals surface area contributed by atoms with Crippen LogP contribution in [0.4, 0.5) is 11.8 Å². The Morgan fingerprint density at radius 3 is 2.53 bits per heavy atom. The number of anilines is 2. The van der Waals surface area contributed by atoms with E-state index in [2.05, 4.69) is 61.3 Å². The molecule has 3 heterocycles. The van der Waals surface area contributed by atoms with Crippen molar-refractivity contribution < 1.29 is 9.32 Å². The first-order valence-corrected chi connectivity index (χ1v) is 11.1. The number of nitrogens with zero attached hydrogens (tertiary/aromatic N) is 5. The Bertz CT molecular complexity index is 1010. The molecule has 30 heavy (non-hydrogen) atoms. The van der Waals surface area contributed by atoms with Crippen LogP contribution in [0, 0.1) is 13.8 Å². The second-order valence-electron chi connectivity index (χ2n) is 7.58. The van der Waals surface area contributed by atoms with Gasteiger partial charge in [0.25, 0.3) is 0 Å². The standard InChI is InChI=1S/C21H26N6O2S/c1-14-7-9-17(10-8-14)27-20(26-11-5-4-6-12-26)23-24-21(27)30-16(3)19(28)22-18-13-15(2)25-29-18/h7-10,13,16H,4-6,11-12H2,1-3H3,(H,22,28). The topological polar surface area (TPSA) is 89.1 Å². The predicted molar refractivity (Wildman–Crippen MR) is 117 cm³/mol. The van der Waals surface area contributed by atoms with Gasteiger partial charge in [-0.05, 0) is 52.2 Å². The fourth-order valence-corrected chi connectivity index (χ4v) is 4.28. The Morgan fingerprint density at radius 2 is 1.87 bits per heavy atom. The largest absolute Gasteiger partial charge is 0.341 e. The van der Waals surface area contributed by atoms with Gasteiger partial charge < -0.3 is 9.42 Å². The molecular weight excluding hydrogens is 400 g/mol. The van der Waals surface area contributed by atoms with Crippen LogP contribution in [0.1, 0.15) is 37.4 Å². The lowest BCUT2D eigenvalue weighted by Crippen LogP contribution is -2.31. The molecule has 0 saturated carbocycles. The second-order valence-corrected chi connectivity index (χ2v) is 8.89. The van der Waals surface area contributed by atoms with Crippen molar-refractivity contribution in [1.29, 1.82) is 0 Å². The first-order chi connectivity index (χ1) is 14.5. The molecule has 9 heteroatoms. The van der Waals surface area contributed by atoms with Crippen LogP contribution in [0.3, 0.4) is 0 Å². The number of rotatable bonds is 6. The highest BCUT2D eigenvalue weighted by molar-refractivity contribution is 8.00. The normalized spacial score (nSPS) is 15.2. The number of hydrogen-bond acceptors (Lipinski definition) is 7. The molecule has 1 saturated heterocycles. The van der Waals surface area contributed by atoms with Crippen LogP contribution in [0.5, 0.6) is 0 Å². The quantitative estimate of drug-likeness (QED) is 0.596. The van der Waals surface area contributed by atoms with Gasteiger partial charge in [-0.15, -0.1) is 10.2 Å². The minimum Gasteiger partial charge on any atom is -0.341 e. The molecule has 1 atom stereocenters. The highest BCUT2D eigenvalue weighted by atomic mass is 32.2. The third kappa shape index (κ3) is 4.51. The molecule has 1 unspecified atom stereocenters. The third-order valence-electron chi connectivity index (χ3n) is 5.07. The highest BCUT2D eigenvalue weighted by Crippen LogP contribution is 2.31. The summed E-state index contributed by atoms with van der Waals surface area (Å²) in [6.07, 6.45) is 3.55. The van der Waals surface area contributed by atoms with Gasteiger partial charge in [0, 0.05) is 19.2 Å². The predicted octanol–water partition coefficient (Wildman–Crippen LogP) is 3.98. The van der Waals surface area contributed by atoms with Gasteiger partial charge in [0.05, 0.1) is 16.6 Å². The molecule has 1 fully saturated rings. The molecule has 1 aliphatic rings. The number of nitrogens with one attached hydrogen (secondary N) is 1. The molecule has 8 nitrogen and oxygen atoms in total. The molecular formula is C21H26N6O2S. The zero-order chi connectivity index (χ0) is 21.1. The average Bonchev–Trinajstić information content (AvgIpc) is 3.35. The van der Waals surface area contributed by atoms with E-state index < -0.39 is 5.25 Å². The number of hydrogen-bond donors (Lipinski definition) is 1. The zero-order valence-corrected chi connectivity index (χ0v) is 18.3. The lowest BCUT2D eigenvalue weighted by molar-refractivity contribution is -0.115. The Hall–Kier alpha value is -2.81. The molecule has 3 aromatic rings. The van der Waals surface area contributed by atoms with Gasteiger partial charge in [-0.25, -0.2) is 0 Å². The Labute approximate surface area is 180 Å². The molecule has 0 radical (unpaired) electrons. The smallest absolute Gasteiger partial charge is 0.240 e. The van der Waals surface area contributed by atoms with Gasteiger partial charge in [-0.1, -0.05) is 34.6 Å². The van der Waals surface area contributed by atoms with Crippen molar-refractivity contribution in [2.24, 2.45) is 0 Å². The average molecular weight is 427 g/mol. The maximum absolute atomic E-state index is 12.6. The van der Waals surface area contributed by atoms with Crippen molar-refractivity contribution in [3.8, 4) is 5.69 Å². The number of piperidine rings is 1. The second kappa shape index (κ2) is 8.91. The van der Waals surface area contributed by atoms with E-state index >= 15 is 0 Å². The van der Waals surface area contributed by atoms with E-state index in [9.17, 15) is 4.79 Å². The Balaban J connectivity index is 1.59. The fourth-order valence-electron chi connectivity index (χ4n) is 3.41. The minimum atomic E-state index is -0.391. The van der Waals surface area contributed by atoms with Crippen LogP contribution in [0.15, 0.2) is 40.0 Å². The lowest BCUT2D eigenvalue weighted by Gasteiger charge is -2.28. The van der Waals surface area contributed by atoms with E-state index in [0.29, 0.717) is 11.0 Å². The van der Waals surface area contributed by atoms with Gasteiger partial charge in [-0.2, -0.15) is 0 Å². The number of aromatic nitrogens is 4. The third-order valence-corrected chi connectivity index (χ3v) is 6.12. The van der Waals surface area contributed by atoms with Crippen molar-refractivity contribution in [2.75, 3.05) is 23.3 Å². The van der Waals surface area contributed by atoms with Gasteiger partial charge in [-0.3, -0.25) is 14.7 Å². The van der Waals surface area contributed by atoms with Gasteiger partial charge in [0.2, 0.25) is 17.7 Å². The first-order valence-electron chi connectivity index (χ1n) is 10.2. The number of benzene rings is 1. The molecule has 0 spiro atoms. The summed E-state index contributed by atoms with van der Waals surface area (Å²) in [7, 11) is 0. The summed E-state index contributed by atoms with van der Waals surface area (Å²) in [5, 5.41) is 15.8. The van der Waals surface area contributed by atoms with E-state index in [4.69, 9.17) is 4.52 Å². The lowest BCUT2D eigenvalue weighted by atomic mass is 10.1. The first kappa shape index (κ1) is 20.5. The molecule has 1 aromatic carbocycles. The number of carbonyl (C=O) groups excluding carboxylic acids is 1. The number of thioether (sulfide) groups is 1. The fraction of sp³-hybridized carbons (Fsp3) is 0.429. The van der Waals surface area contributed by atoms with Crippen LogP contribution < -0.4 is 10.2 Å². The van der Waals surface area contributed by atoms with Crippen molar-refractivity contribution in [2.45, 2.75) is 50.4 Å². The molecule has 158 valence electrons. The van der Waals surface area contributed by atoms with Crippen molar-refractivity contribution in [3.05, 3.63) is 41.6 Å². The zero-order valence-electron chi connectivity index (χ0n) is 17.5. The van der Waals surface area contributed by atoms with Gasteiger partial charge >= 0.3 is 0 Å². The maximum atomic E-state index is 12.6. The molecule has 0 bridgehead atoms. The number of aryl methyl sites for hydroxylation is 2. The molecule has 4 rings (SSSR count). The maximum Gasteiger partial charge on any atom is 0.240 e. The monoisotopic (exact) mass is 426 g/mol. The van der Waals surface area contributed by atoms with Gasteiger partial charge in [0.15, 0.2) is 5.16 Å². The van der Waals surface area contributed by atoms with Crippen LogP contribution >= 0.6 is 11.8 Å². The van der Waals surface area contributed by atoms with Crippen molar-refractivity contribution in [3.63, 3.8) is 0 Å². The van der Waals surface area contributed by atoms with E-state index in [1.165, 1.54) is 23.7 Å². The summed E-state index contributed by atoms with van der Waals surface area (Å²) < 4.78 is 7.15. The Kier molecular flexibility index (Phi) is 6.08. The SMILES string of the molecule is Cc1ccc(-n2c(SC(C)C(=O)Nc3cc(C)no3)nnc2N2CCCCC2)cc1. The summed E-state index contributed by atoms with van der Waals surface area (Å²) in [6, 6.07) is 9.98. The number of amides is 1. The molecule has 0 aliphatic carbocycles. The molecule has 1 amide bonds. The van der Waals surface area contributed by atoms with Crippen LogP contribution in [-0.4, -0.2) is 44.2 Å². The van der Waals surface area contributed by atoms with Crippen LogP contribution in [0.2, 0.25) is 0 Å². The van der Waals surface area contributed by atoms with Crippen LogP contribution in [-0.2, 0) is 4.79 Å². The summed E-state index contributed by atoms with van der Waals surface area (Å²) in [4.78, 5) is 14.9. The summed E-state index contributed by atoms with van der Waals surface area (Å²) in [6.45, 7) is 7.65. The highest BCUT2D eigenvalue weighted by Gasteiger charge is 2.25. The van der Waals surface area contributed by atoms with Gasteiger partial charge in [0.1, 0.15) is 0 Å². The van der Waals surface area contributed by atoms with Crippen LogP contribution in [0.25, 0.3) is 5.69 Å². The van der Waals surface area contributed by atoms with E-state index in [-0.39, 0.29) is 5.91 Å². The Morgan fingerprint density at radius 1 is 1.13 bits per heavy atom. The van der Waals surface area contributed by atoms with E-state index in [0.717, 1.165) is 43.3 Å². The molecule has 1 aliphatic heterocycles. The molecule has 1 N–H and O–H groups in total. The van der Waals surface area contributed by atoms with E-state index in [1.807, 2.05) is 13.8 Å². The molecule has 2 aromatic heterocycles. The minimum absolute atomic E-state index is 0.172. The summed E-state index contributed by atoms with van der Waals surface area (Å²) >= 11 is 1.38. The number of carbonyl (C=O) groups is 1. The summed E-state index contributed by atoms with van der Waals surface area (Å²) in [5.41, 5.74) is 2.90. The van der Waals surface area contributed by atoms with E-state index in [1.54, 1.807) is 6.07 Å².